The van der Waals surface area contributed by atoms with Gasteiger partial charge in [-0.3, -0.25) is 4.68 Å². The summed E-state index contributed by atoms with van der Waals surface area (Å²) in [6.45, 7) is 9.31. The number of rotatable bonds is 3. The molecule has 0 bridgehead atoms. The van der Waals surface area contributed by atoms with Crippen molar-refractivity contribution in [3.63, 3.8) is 0 Å². The first-order chi connectivity index (χ1) is 6.38. The predicted molar refractivity (Wildman–Crippen MR) is 56.9 cm³/mol. The molecule has 1 heterocycles. The number of hydrogen-bond acceptors (Lipinski definition) is 2. The minimum atomic E-state index is -0.418. The topological polar surface area (TPSA) is 38.1 Å². The monoisotopic (exact) mass is 196 g/mol. The summed E-state index contributed by atoms with van der Waals surface area (Å²) in [6.07, 6.45) is 4.32. The Kier molecular flexibility index (Phi) is 3.32. The van der Waals surface area contributed by atoms with Crippen LogP contribution in [0.1, 0.15) is 45.8 Å². The van der Waals surface area contributed by atoms with Gasteiger partial charge in [0.2, 0.25) is 0 Å². The maximum atomic E-state index is 9.31. The van der Waals surface area contributed by atoms with Crippen molar-refractivity contribution in [1.29, 1.82) is 0 Å². The van der Waals surface area contributed by atoms with Crippen LogP contribution in [0, 0.1) is 5.41 Å². The van der Waals surface area contributed by atoms with E-state index < -0.39 is 6.10 Å². The van der Waals surface area contributed by atoms with Crippen molar-refractivity contribution in [1.82, 2.24) is 9.78 Å². The molecular formula is C11H20N2O. The highest BCUT2D eigenvalue weighted by Crippen LogP contribution is 2.19. The molecule has 3 heteroatoms. The number of hydrogen-bond donors (Lipinski definition) is 1. The second-order valence-electron chi connectivity index (χ2n) is 5.02. The molecule has 0 fully saturated rings. The summed E-state index contributed by atoms with van der Waals surface area (Å²) in [5, 5.41) is 13.5. The molecule has 80 valence electrons. The number of aryl methyl sites for hydroxylation is 1. The standard InChI is InChI=1S/C11H20N2O/c1-9(14)10-7-12-13(8-10)6-5-11(2,3)4/h7-9,14H,5-6H2,1-4H3. The van der Waals surface area contributed by atoms with Crippen molar-refractivity contribution >= 4 is 0 Å². The van der Waals surface area contributed by atoms with E-state index in [0.717, 1.165) is 18.5 Å². The van der Waals surface area contributed by atoms with Gasteiger partial charge in [0.1, 0.15) is 0 Å². The molecule has 1 aromatic rings. The van der Waals surface area contributed by atoms with Crippen LogP contribution in [-0.4, -0.2) is 14.9 Å². The molecule has 0 saturated carbocycles. The van der Waals surface area contributed by atoms with E-state index in [1.54, 1.807) is 13.1 Å². The molecule has 0 radical (unpaired) electrons. The summed E-state index contributed by atoms with van der Waals surface area (Å²) >= 11 is 0. The number of aliphatic hydroxyl groups is 1. The summed E-state index contributed by atoms with van der Waals surface area (Å²) in [5.41, 5.74) is 1.22. The molecule has 0 aliphatic rings. The summed E-state index contributed by atoms with van der Waals surface area (Å²) in [5.74, 6) is 0. The average molecular weight is 196 g/mol. The van der Waals surface area contributed by atoms with E-state index in [2.05, 4.69) is 25.9 Å². The van der Waals surface area contributed by atoms with Gasteiger partial charge >= 0.3 is 0 Å². The third-order valence-electron chi connectivity index (χ3n) is 2.23. The fraction of sp³-hybridized carbons (Fsp3) is 0.727. The van der Waals surface area contributed by atoms with Crippen LogP contribution in [0.5, 0.6) is 0 Å². The Hall–Kier alpha value is -0.830. The highest BCUT2D eigenvalue weighted by atomic mass is 16.3. The number of aromatic nitrogens is 2. The van der Waals surface area contributed by atoms with Crippen molar-refractivity contribution in [2.75, 3.05) is 0 Å². The molecule has 14 heavy (non-hydrogen) atoms. The molecule has 1 N–H and O–H groups in total. The van der Waals surface area contributed by atoms with Crippen molar-refractivity contribution in [2.24, 2.45) is 5.41 Å². The van der Waals surface area contributed by atoms with Gasteiger partial charge in [0.25, 0.3) is 0 Å². The first kappa shape index (κ1) is 11.2. The van der Waals surface area contributed by atoms with Gasteiger partial charge in [-0.05, 0) is 18.8 Å². The van der Waals surface area contributed by atoms with Gasteiger partial charge in [-0.25, -0.2) is 0 Å². The van der Waals surface area contributed by atoms with Crippen molar-refractivity contribution in [3.05, 3.63) is 18.0 Å². The first-order valence-electron chi connectivity index (χ1n) is 5.09. The lowest BCUT2D eigenvalue weighted by atomic mass is 9.92. The van der Waals surface area contributed by atoms with E-state index in [1.165, 1.54) is 0 Å². The smallest absolute Gasteiger partial charge is 0.0792 e. The van der Waals surface area contributed by atoms with E-state index in [4.69, 9.17) is 0 Å². The molecular weight excluding hydrogens is 176 g/mol. The molecule has 1 aromatic heterocycles. The van der Waals surface area contributed by atoms with E-state index in [1.807, 2.05) is 10.9 Å². The molecule has 3 nitrogen and oxygen atoms in total. The van der Waals surface area contributed by atoms with Crippen molar-refractivity contribution in [2.45, 2.75) is 46.8 Å². The van der Waals surface area contributed by atoms with Crippen LogP contribution >= 0.6 is 0 Å². The largest absolute Gasteiger partial charge is 0.389 e. The molecule has 0 aliphatic heterocycles. The van der Waals surface area contributed by atoms with Crippen LogP contribution in [0.25, 0.3) is 0 Å². The van der Waals surface area contributed by atoms with Gasteiger partial charge in [-0.1, -0.05) is 20.8 Å². The zero-order valence-electron chi connectivity index (χ0n) is 9.49. The van der Waals surface area contributed by atoms with Gasteiger partial charge < -0.3 is 5.11 Å². The number of nitrogens with zero attached hydrogens (tertiary/aromatic N) is 2. The predicted octanol–water partition coefficient (Wildman–Crippen LogP) is 2.37. The zero-order valence-corrected chi connectivity index (χ0v) is 9.49. The van der Waals surface area contributed by atoms with E-state index in [0.29, 0.717) is 5.41 Å². The molecule has 0 aromatic carbocycles. The number of aliphatic hydroxyl groups excluding tert-OH is 1. The summed E-state index contributed by atoms with van der Waals surface area (Å²) in [4.78, 5) is 0. The van der Waals surface area contributed by atoms with Crippen molar-refractivity contribution in [3.8, 4) is 0 Å². The summed E-state index contributed by atoms with van der Waals surface area (Å²) < 4.78 is 1.90. The van der Waals surface area contributed by atoms with Gasteiger partial charge in [0.15, 0.2) is 0 Å². The van der Waals surface area contributed by atoms with Crippen molar-refractivity contribution < 1.29 is 5.11 Å². The van der Waals surface area contributed by atoms with E-state index in [-0.39, 0.29) is 0 Å². The van der Waals surface area contributed by atoms with Gasteiger partial charge in [-0.2, -0.15) is 5.10 Å². The lowest BCUT2D eigenvalue weighted by Gasteiger charge is -2.17. The van der Waals surface area contributed by atoms with E-state index >= 15 is 0 Å². The normalized spacial score (nSPS) is 14.4. The van der Waals surface area contributed by atoms with Gasteiger partial charge in [0, 0.05) is 18.3 Å². The lowest BCUT2D eigenvalue weighted by molar-refractivity contribution is 0.199. The Balaban J connectivity index is 2.52. The maximum absolute atomic E-state index is 9.31. The van der Waals surface area contributed by atoms with Crippen LogP contribution in [0.15, 0.2) is 12.4 Å². The Bertz CT molecular complexity index is 284. The van der Waals surface area contributed by atoms with Crippen LogP contribution < -0.4 is 0 Å². The molecule has 1 unspecified atom stereocenters. The molecule has 0 spiro atoms. The minimum Gasteiger partial charge on any atom is -0.389 e. The Morgan fingerprint density at radius 2 is 2.14 bits per heavy atom. The molecule has 0 amide bonds. The Morgan fingerprint density at radius 3 is 2.57 bits per heavy atom. The van der Waals surface area contributed by atoms with Crippen LogP contribution in [0.4, 0.5) is 0 Å². The molecule has 0 aliphatic carbocycles. The average Bonchev–Trinajstić information content (AvgIpc) is 2.47. The maximum Gasteiger partial charge on any atom is 0.0792 e. The van der Waals surface area contributed by atoms with Crippen LogP contribution in [0.3, 0.4) is 0 Å². The Morgan fingerprint density at radius 1 is 1.50 bits per heavy atom. The lowest BCUT2D eigenvalue weighted by Crippen LogP contribution is -2.10. The minimum absolute atomic E-state index is 0.330. The second-order valence-corrected chi connectivity index (χ2v) is 5.02. The van der Waals surface area contributed by atoms with Gasteiger partial charge in [-0.15, -0.1) is 0 Å². The Labute approximate surface area is 85.8 Å². The summed E-state index contributed by atoms with van der Waals surface area (Å²) in [6, 6.07) is 0. The second kappa shape index (κ2) is 4.13. The highest BCUT2D eigenvalue weighted by molar-refractivity contribution is 5.06. The third-order valence-corrected chi connectivity index (χ3v) is 2.23. The highest BCUT2D eigenvalue weighted by Gasteiger charge is 2.11. The first-order valence-corrected chi connectivity index (χ1v) is 5.09. The molecule has 1 rings (SSSR count). The fourth-order valence-electron chi connectivity index (χ4n) is 1.17. The SMILES string of the molecule is CC(O)c1cnn(CCC(C)(C)C)c1. The van der Waals surface area contributed by atoms with E-state index in [9.17, 15) is 5.11 Å². The molecule has 0 saturated heterocycles. The third kappa shape index (κ3) is 3.50. The fourth-order valence-corrected chi connectivity index (χ4v) is 1.17. The summed E-state index contributed by atoms with van der Waals surface area (Å²) in [7, 11) is 0. The zero-order chi connectivity index (χ0) is 10.8. The van der Waals surface area contributed by atoms with Gasteiger partial charge in [0.05, 0.1) is 12.3 Å². The molecule has 1 atom stereocenters. The van der Waals surface area contributed by atoms with Crippen LogP contribution in [-0.2, 0) is 6.54 Å². The quantitative estimate of drug-likeness (QED) is 0.806. The van der Waals surface area contributed by atoms with Crippen LogP contribution in [0.2, 0.25) is 0 Å².